The van der Waals surface area contributed by atoms with Gasteiger partial charge in [-0.1, -0.05) is 0 Å². The molecule has 0 bridgehead atoms. The Morgan fingerprint density at radius 2 is 2.00 bits per heavy atom. The fourth-order valence-electron chi connectivity index (χ4n) is 1.30. The molecule has 1 aliphatic heterocycles. The van der Waals surface area contributed by atoms with E-state index < -0.39 is 16.0 Å². The quantitative estimate of drug-likeness (QED) is 0.715. The van der Waals surface area contributed by atoms with Crippen molar-refractivity contribution in [2.75, 3.05) is 6.61 Å². The van der Waals surface area contributed by atoms with Gasteiger partial charge in [0.2, 0.25) is 0 Å². The first kappa shape index (κ1) is 10.3. The molecule has 72 valence electrons. The maximum absolute atomic E-state index is 12.7. The third kappa shape index (κ3) is 1.78. The first-order valence-electron chi connectivity index (χ1n) is 3.59. The molecule has 5 heteroatoms. The molecule has 1 unspecified atom stereocenters. The van der Waals surface area contributed by atoms with Gasteiger partial charge in [-0.3, -0.25) is 0 Å². The molecular weight excluding hydrogens is 234 g/mol. The van der Waals surface area contributed by atoms with Crippen molar-refractivity contribution >= 4 is 15.9 Å². The SMILES string of the molecule is CC1(C)CC(O)(C(F)(F)Br)CO1. The molecule has 0 spiro atoms. The molecule has 1 atom stereocenters. The van der Waals surface area contributed by atoms with Gasteiger partial charge in [0.25, 0.3) is 0 Å². The number of aliphatic hydroxyl groups is 1. The number of ether oxygens (including phenoxy) is 1. The molecule has 0 aromatic rings. The van der Waals surface area contributed by atoms with Gasteiger partial charge in [-0.15, -0.1) is 0 Å². The van der Waals surface area contributed by atoms with E-state index in [0.29, 0.717) is 0 Å². The lowest BCUT2D eigenvalue weighted by molar-refractivity contribution is -0.115. The van der Waals surface area contributed by atoms with E-state index >= 15 is 0 Å². The number of halogens is 3. The van der Waals surface area contributed by atoms with Gasteiger partial charge in [-0.2, -0.15) is 8.78 Å². The molecule has 2 nitrogen and oxygen atoms in total. The predicted octanol–water partition coefficient (Wildman–Crippen LogP) is 1.90. The van der Waals surface area contributed by atoms with Gasteiger partial charge in [0.15, 0.2) is 5.60 Å². The fourth-order valence-corrected chi connectivity index (χ4v) is 1.56. The van der Waals surface area contributed by atoms with Crippen molar-refractivity contribution in [3.8, 4) is 0 Å². The van der Waals surface area contributed by atoms with Crippen LogP contribution in [0.15, 0.2) is 0 Å². The Bertz CT molecular complexity index is 190. The van der Waals surface area contributed by atoms with Gasteiger partial charge in [-0.25, -0.2) is 0 Å². The number of alkyl halides is 3. The number of hydrogen-bond donors (Lipinski definition) is 1. The summed E-state index contributed by atoms with van der Waals surface area (Å²) in [6.45, 7) is 3.01. The van der Waals surface area contributed by atoms with Crippen LogP contribution in [0.4, 0.5) is 8.78 Å². The van der Waals surface area contributed by atoms with E-state index in [4.69, 9.17) is 4.74 Å². The average Bonchev–Trinajstić information content (AvgIpc) is 2.05. The third-order valence-corrected chi connectivity index (χ3v) is 2.69. The average molecular weight is 245 g/mol. The van der Waals surface area contributed by atoms with Crippen molar-refractivity contribution in [2.24, 2.45) is 0 Å². The molecule has 1 rings (SSSR count). The molecule has 0 aromatic heterocycles. The summed E-state index contributed by atoms with van der Waals surface area (Å²) in [5, 5.41) is 9.44. The van der Waals surface area contributed by atoms with Crippen LogP contribution >= 0.6 is 15.9 Å². The molecule has 0 amide bonds. The second-order valence-electron chi connectivity index (χ2n) is 3.75. The summed E-state index contributed by atoms with van der Waals surface area (Å²) in [7, 11) is 0. The zero-order valence-corrected chi connectivity index (χ0v) is 8.49. The van der Waals surface area contributed by atoms with Crippen LogP contribution in [0, 0.1) is 0 Å². The summed E-state index contributed by atoms with van der Waals surface area (Å²) in [5.41, 5.74) is -2.75. The van der Waals surface area contributed by atoms with Gasteiger partial charge in [0.1, 0.15) is 0 Å². The highest BCUT2D eigenvalue weighted by Crippen LogP contribution is 2.45. The molecule has 1 N–H and O–H groups in total. The summed E-state index contributed by atoms with van der Waals surface area (Å²) in [5.74, 6) is 0. The van der Waals surface area contributed by atoms with Crippen LogP contribution < -0.4 is 0 Å². The van der Waals surface area contributed by atoms with Crippen LogP contribution in [0.25, 0.3) is 0 Å². The topological polar surface area (TPSA) is 29.5 Å². The van der Waals surface area contributed by atoms with Crippen molar-refractivity contribution in [2.45, 2.75) is 36.3 Å². The van der Waals surface area contributed by atoms with Crippen molar-refractivity contribution in [3.63, 3.8) is 0 Å². The summed E-state index contributed by atoms with van der Waals surface area (Å²) in [6.07, 6.45) is -0.0712. The van der Waals surface area contributed by atoms with Crippen molar-refractivity contribution in [3.05, 3.63) is 0 Å². The van der Waals surface area contributed by atoms with Crippen molar-refractivity contribution < 1.29 is 18.6 Å². The Hall–Kier alpha value is 0.260. The van der Waals surface area contributed by atoms with Crippen LogP contribution in [0.3, 0.4) is 0 Å². The second-order valence-corrected chi connectivity index (χ2v) is 4.75. The molecule has 1 fully saturated rings. The first-order chi connectivity index (χ1) is 5.16. The molecule has 0 aliphatic carbocycles. The molecular formula is C7H11BrF2O2. The van der Waals surface area contributed by atoms with Gasteiger partial charge < -0.3 is 9.84 Å². The largest absolute Gasteiger partial charge is 0.380 e. The minimum atomic E-state index is -3.28. The van der Waals surface area contributed by atoms with Gasteiger partial charge >= 0.3 is 4.83 Å². The zero-order valence-electron chi connectivity index (χ0n) is 6.90. The summed E-state index contributed by atoms with van der Waals surface area (Å²) in [6, 6.07) is 0. The molecule has 1 saturated heterocycles. The van der Waals surface area contributed by atoms with E-state index in [0.717, 1.165) is 0 Å². The standard InChI is InChI=1S/C7H11BrF2O2/c1-5(2)3-6(11,4-12-5)7(8,9)10/h11H,3-4H2,1-2H3. The Kier molecular flexibility index (Phi) is 2.26. The van der Waals surface area contributed by atoms with Crippen molar-refractivity contribution in [1.82, 2.24) is 0 Å². The lowest BCUT2D eigenvalue weighted by atomic mass is 9.94. The van der Waals surface area contributed by atoms with Crippen LogP contribution in [0.5, 0.6) is 0 Å². The highest BCUT2D eigenvalue weighted by atomic mass is 79.9. The van der Waals surface area contributed by atoms with Gasteiger partial charge in [-0.05, 0) is 29.8 Å². The molecule has 1 heterocycles. The lowest BCUT2D eigenvalue weighted by Gasteiger charge is -2.26. The minimum Gasteiger partial charge on any atom is -0.380 e. The smallest absolute Gasteiger partial charge is 0.331 e. The summed E-state index contributed by atoms with van der Waals surface area (Å²) in [4.78, 5) is -3.28. The minimum absolute atomic E-state index is 0.0712. The number of rotatable bonds is 1. The van der Waals surface area contributed by atoms with E-state index in [-0.39, 0.29) is 13.0 Å². The highest BCUT2D eigenvalue weighted by Gasteiger charge is 2.57. The van der Waals surface area contributed by atoms with Crippen LogP contribution in [-0.4, -0.2) is 27.7 Å². The lowest BCUT2D eigenvalue weighted by Crippen LogP contribution is -2.45. The Morgan fingerprint density at radius 1 is 1.50 bits per heavy atom. The van der Waals surface area contributed by atoms with Crippen LogP contribution in [-0.2, 0) is 4.74 Å². The van der Waals surface area contributed by atoms with Crippen molar-refractivity contribution in [1.29, 1.82) is 0 Å². The van der Waals surface area contributed by atoms with Crippen LogP contribution in [0.1, 0.15) is 20.3 Å². The monoisotopic (exact) mass is 244 g/mol. The van der Waals surface area contributed by atoms with E-state index in [9.17, 15) is 13.9 Å². The molecule has 12 heavy (non-hydrogen) atoms. The maximum atomic E-state index is 12.7. The molecule has 0 saturated carbocycles. The Labute approximate surface area is 78.0 Å². The van der Waals surface area contributed by atoms with E-state index in [2.05, 4.69) is 15.9 Å². The van der Waals surface area contributed by atoms with E-state index in [1.807, 2.05) is 0 Å². The van der Waals surface area contributed by atoms with Gasteiger partial charge in [0.05, 0.1) is 12.2 Å². The second kappa shape index (κ2) is 2.62. The summed E-state index contributed by atoms with van der Waals surface area (Å²) < 4.78 is 30.5. The molecule has 0 radical (unpaired) electrons. The third-order valence-electron chi connectivity index (χ3n) is 1.95. The van der Waals surface area contributed by atoms with Gasteiger partial charge in [0, 0.05) is 6.42 Å². The Balaban J connectivity index is 2.78. The van der Waals surface area contributed by atoms with E-state index in [1.54, 1.807) is 13.8 Å². The maximum Gasteiger partial charge on any atom is 0.331 e. The Morgan fingerprint density at radius 3 is 2.17 bits per heavy atom. The normalized spacial score (nSPS) is 35.5. The van der Waals surface area contributed by atoms with E-state index in [1.165, 1.54) is 0 Å². The zero-order chi connectivity index (χ0) is 9.62. The van der Waals surface area contributed by atoms with Crippen LogP contribution in [0.2, 0.25) is 0 Å². The number of hydrogen-bond acceptors (Lipinski definition) is 2. The first-order valence-corrected chi connectivity index (χ1v) is 4.39. The summed E-state index contributed by atoms with van der Waals surface area (Å²) >= 11 is 2.15. The molecule has 1 aliphatic rings. The fraction of sp³-hybridized carbons (Fsp3) is 1.00. The highest BCUT2D eigenvalue weighted by molar-refractivity contribution is 9.10. The molecule has 0 aromatic carbocycles. The predicted molar refractivity (Wildman–Crippen MR) is 43.5 cm³/mol.